The molecule has 24 heavy (non-hydrogen) atoms. The van der Waals surface area contributed by atoms with E-state index in [1.165, 1.54) is 6.08 Å². The predicted molar refractivity (Wildman–Crippen MR) is 94.3 cm³/mol. The Morgan fingerprint density at radius 1 is 1.00 bits per heavy atom. The van der Waals surface area contributed by atoms with Crippen LogP contribution in [-0.2, 0) is 19.1 Å². The smallest absolute Gasteiger partial charge is 0.336 e. The molecular formula is C17H23Cl2NO4. The molecule has 5 nitrogen and oxygen atoms in total. The summed E-state index contributed by atoms with van der Waals surface area (Å²) in [7, 11) is 0. The van der Waals surface area contributed by atoms with E-state index < -0.39 is 17.9 Å². The summed E-state index contributed by atoms with van der Waals surface area (Å²) in [6, 6.07) is 0. The average Bonchev–Trinajstić information content (AvgIpc) is 2.49. The average molecular weight is 376 g/mol. The molecule has 1 heterocycles. The van der Waals surface area contributed by atoms with Crippen molar-refractivity contribution in [3.05, 3.63) is 33.1 Å². The molecule has 0 bridgehead atoms. The molecule has 0 fully saturated rings. The van der Waals surface area contributed by atoms with Crippen LogP contribution in [0.5, 0.6) is 0 Å². The topological polar surface area (TPSA) is 64.6 Å². The number of rotatable bonds is 7. The van der Waals surface area contributed by atoms with Gasteiger partial charge in [0.2, 0.25) is 0 Å². The minimum atomic E-state index is -0.718. The minimum absolute atomic E-state index is 0.0379. The Hall–Kier alpha value is -1.46. The minimum Gasteiger partial charge on any atom is -0.462 e. The Kier molecular flexibility index (Phi) is 8.36. The largest absolute Gasteiger partial charge is 0.462 e. The summed E-state index contributed by atoms with van der Waals surface area (Å²) >= 11 is 11.6. The molecule has 0 aromatic heterocycles. The van der Waals surface area contributed by atoms with Crippen molar-refractivity contribution < 1.29 is 19.1 Å². The molecule has 0 aliphatic carbocycles. The summed E-state index contributed by atoms with van der Waals surface area (Å²) in [6.45, 7) is 7.86. The van der Waals surface area contributed by atoms with Crippen LogP contribution in [0.25, 0.3) is 0 Å². The van der Waals surface area contributed by atoms with Gasteiger partial charge in [-0.25, -0.2) is 9.59 Å². The van der Waals surface area contributed by atoms with Gasteiger partial charge in [-0.2, -0.15) is 0 Å². The van der Waals surface area contributed by atoms with Gasteiger partial charge < -0.3 is 14.8 Å². The fourth-order valence-electron chi connectivity index (χ4n) is 2.42. The highest BCUT2D eigenvalue weighted by Crippen LogP contribution is 2.34. The number of nitrogens with one attached hydrogen (secondary N) is 1. The Morgan fingerprint density at radius 3 is 1.75 bits per heavy atom. The molecule has 1 N–H and O–H groups in total. The standard InChI is InChI=1S/C17H23Cl2NO4/c1-5-7-23-16(21)14-10(3)20-11(4)15(12(14)9-13(18)19)17(22)24-8-6-2/h9,12,20H,5-8H2,1-4H3. The van der Waals surface area contributed by atoms with Gasteiger partial charge in [0.05, 0.1) is 24.4 Å². The molecule has 0 amide bonds. The zero-order valence-electron chi connectivity index (χ0n) is 14.4. The van der Waals surface area contributed by atoms with Crippen molar-refractivity contribution in [1.29, 1.82) is 0 Å². The SMILES string of the molecule is CCCOC(=O)C1=C(C)NC(C)=C(C(=O)OCCC)C1C=C(Cl)Cl. The van der Waals surface area contributed by atoms with E-state index in [9.17, 15) is 9.59 Å². The number of hydrogen-bond acceptors (Lipinski definition) is 5. The summed E-state index contributed by atoms with van der Waals surface area (Å²) < 4.78 is 10.4. The summed E-state index contributed by atoms with van der Waals surface area (Å²) in [5.41, 5.74) is 1.79. The number of allylic oxidation sites excluding steroid dienone is 3. The van der Waals surface area contributed by atoms with Gasteiger partial charge in [-0.15, -0.1) is 0 Å². The number of halogens is 2. The highest BCUT2D eigenvalue weighted by atomic mass is 35.5. The molecule has 0 saturated heterocycles. The van der Waals surface area contributed by atoms with Gasteiger partial charge in [-0.3, -0.25) is 0 Å². The fraction of sp³-hybridized carbons (Fsp3) is 0.529. The third-order valence-electron chi connectivity index (χ3n) is 3.41. The number of hydrogen-bond donors (Lipinski definition) is 1. The third-order valence-corrected chi connectivity index (χ3v) is 3.66. The van der Waals surface area contributed by atoms with Crippen LogP contribution in [0.2, 0.25) is 0 Å². The second-order valence-corrected chi connectivity index (χ2v) is 6.42. The van der Waals surface area contributed by atoms with Crippen LogP contribution in [0.15, 0.2) is 33.1 Å². The maximum atomic E-state index is 12.4. The molecule has 0 saturated carbocycles. The lowest BCUT2D eigenvalue weighted by atomic mass is 9.85. The maximum Gasteiger partial charge on any atom is 0.336 e. The Morgan fingerprint density at radius 2 is 1.42 bits per heavy atom. The van der Waals surface area contributed by atoms with E-state index in [0.29, 0.717) is 48.6 Å². The van der Waals surface area contributed by atoms with E-state index in [-0.39, 0.29) is 4.49 Å². The van der Waals surface area contributed by atoms with Crippen molar-refractivity contribution in [3.8, 4) is 0 Å². The molecular weight excluding hydrogens is 353 g/mol. The Bertz CT molecular complexity index is 547. The number of dihydropyridines is 1. The maximum absolute atomic E-state index is 12.4. The number of carbonyl (C=O) groups excluding carboxylic acids is 2. The second-order valence-electron chi connectivity index (χ2n) is 5.41. The van der Waals surface area contributed by atoms with Crippen LogP contribution in [-0.4, -0.2) is 25.2 Å². The van der Waals surface area contributed by atoms with Crippen molar-refractivity contribution in [2.24, 2.45) is 5.92 Å². The third kappa shape index (κ3) is 5.28. The molecule has 1 aliphatic heterocycles. The predicted octanol–water partition coefficient (Wildman–Crippen LogP) is 3.98. The molecule has 134 valence electrons. The van der Waals surface area contributed by atoms with E-state index in [1.54, 1.807) is 13.8 Å². The first-order valence-corrected chi connectivity index (χ1v) is 8.64. The Balaban J connectivity index is 3.28. The van der Waals surface area contributed by atoms with E-state index in [4.69, 9.17) is 32.7 Å². The van der Waals surface area contributed by atoms with Gasteiger partial charge in [0, 0.05) is 17.3 Å². The monoisotopic (exact) mass is 375 g/mol. The van der Waals surface area contributed by atoms with Crippen LogP contribution in [0, 0.1) is 5.92 Å². The lowest BCUT2D eigenvalue weighted by Gasteiger charge is -2.28. The molecule has 0 radical (unpaired) electrons. The number of carbonyl (C=O) groups is 2. The lowest BCUT2D eigenvalue weighted by Crippen LogP contribution is -2.33. The number of ether oxygens (including phenoxy) is 2. The molecule has 0 aromatic carbocycles. The zero-order valence-corrected chi connectivity index (χ0v) is 15.9. The van der Waals surface area contributed by atoms with Gasteiger partial charge in [-0.1, -0.05) is 37.0 Å². The number of esters is 2. The molecule has 0 unspecified atom stereocenters. The normalized spacial score (nSPS) is 15.1. The van der Waals surface area contributed by atoms with Crippen molar-refractivity contribution in [2.75, 3.05) is 13.2 Å². The van der Waals surface area contributed by atoms with E-state index in [2.05, 4.69) is 5.32 Å². The van der Waals surface area contributed by atoms with Crippen molar-refractivity contribution in [3.63, 3.8) is 0 Å². The van der Waals surface area contributed by atoms with Crippen LogP contribution >= 0.6 is 23.2 Å². The van der Waals surface area contributed by atoms with Crippen molar-refractivity contribution in [2.45, 2.75) is 40.5 Å². The van der Waals surface area contributed by atoms with Gasteiger partial charge in [0.1, 0.15) is 4.49 Å². The first kappa shape index (κ1) is 20.6. The highest BCUT2D eigenvalue weighted by molar-refractivity contribution is 6.55. The molecule has 0 spiro atoms. The van der Waals surface area contributed by atoms with E-state index in [0.717, 1.165) is 0 Å². The van der Waals surface area contributed by atoms with E-state index in [1.807, 2.05) is 13.8 Å². The van der Waals surface area contributed by atoms with Gasteiger partial charge >= 0.3 is 11.9 Å². The molecule has 0 atom stereocenters. The van der Waals surface area contributed by atoms with E-state index >= 15 is 0 Å². The van der Waals surface area contributed by atoms with Crippen molar-refractivity contribution >= 4 is 35.1 Å². The summed E-state index contributed by atoms with van der Waals surface area (Å²) in [4.78, 5) is 24.9. The van der Waals surface area contributed by atoms with Crippen LogP contribution in [0.3, 0.4) is 0 Å². The first-order valence-electron chi connectivity index (χ1n) is 7.89. The molecule has 1 rings (SSSR count). The van der Waals surface area contributed by atoms with Crippen LogP contribution in [0.1, 0.15) is 40.5 Å². The molecule has 7 heteroatoms. The molecule has 1 aliphatic rings. The zero-order chi connectivity index (χ0) is 18.3. The van der Waals surface area contributed by atoms with Crippen LogP contribution in [0.4, 0.5) is 0 Å². The summed E-state index contributed by atoms with van der Waals surface area (Å²) in [5.74, 6) is -1.73. The van der Waals surface area contributed by atoms with Gasteiger partial charge in [0.25, 0.3) is 0 Å². The Labute approximate surface area is 152 Å². The fourth-order valence-corrected chi connectivity index (χ4v) is 2.68. The lowest BCUT2D eigenvalue weighted by molar-refractivity contribution is -0.140. The summed E-state index contributed by atoms with van der Waals surface area (Å²) in [5, 5.41) is 3.04. The van der Waals surface area contributed by atoms with Crippen LogP contribution < -0.4 is 5.32 Å². The first-order chi connectivity index (χ1) is 11.3. The van der Waals surface area contributed by atoms with Crippen molar-refractivity contribution in [1.82, 2.24) is 5.32 Å². The highest BCUT2D eigenvalue weighted by Gasteiger charge is 2.35. The summed E-state index contributed by atoms with van der Waals surface area (Å²) in [6.07, 6.45) is 2.84. The van der Waals surface area contributed by atoms with Gasteiger partial charge in [0.15, 0.2) is 0 Å². The molecule has 0 aromatic rings. The quantitative estimate of drug-likeness (QED) is 0.681. The van der Waals surface area contributed by atoms with Gasteiger partial charge in [-0.05, 0) is 32.8 Å². The second kappa shape index (κ2) is 9.74.